The molecule has 8 heteroatoms. The summed E-state index contributed by atoms with van der Waals surface area (Å²) in [6, 6.07) is 57.3. The van der Waals surface area contributed by atoms with Gasteiger partial charge in [0.15, 0.2) is 0 Å². The van der Waals surface area contributed by atoms with Crippen molar-refractivity contribution in [3.05, 3.63) is 179 Å². The zero-order valence-electron chi connectivity index (χ0n) is 47.4. The monoisotopic (exact) mass is 1090 g/mol. The van der Waals surface area contributed by atoms with Crippen LogP contribution in [0.2, 0.25) is 10.0 Å². The van der Waals surface area contributed by atoms with Gasteiger partial charge in [-0.3, -0.25) is 9.59 Å². The van der Waals surface area contributed by atoms with Gasteiger partial charge in [0.1, 0.15) is 0 Å². The van der Waals surface area contributed by atoms with Crippen molar-refractivity contribution < 1.29 is 19.8 Å². The maximum atomic E-state index is 11.3. The number of carbonyl (C=O) groups is 2. The third-order valence-electron chi connectivity index (χ3n) is 17.6. The Morgan fingerprint density at radius 1 is 0.468 bits per heavy atom. The van der Waals surface area contributed by atoms with E-state index < -0.39 is 11.9 Å². The lowest BCUT2D eigenvalue weighted by molar-refractivity contribution is -0.138. The number of aromatic nitrogens is 1. The lowest BCUT2D eigenvalue weighted by Crippen LogP contribution is -2.60. The first-order valence-corrected chi connectivity index (χ1v) is 29.8. The van der Waals surface area contributed by atoms with Gasteiger partial charge in [0.25, 0.3) is 0 Å². The highest BCUT2D eigenvalue weighted by molar-refractivity contribution is 6.31. The Morgan fingerprint density at radius 2 is 0.937 bits per heavy atom. The molecule has 1 aliphatic carbocycles. The van der Waals surface area contributed by atoms with Gasteiger partial charge in [-0.05, 0) is 160 Å². The second-order valence-corrected chi connectivity index (χ2v) is 25.3. The minimum absolute atomic E-state index is 0.125. The zero-order chi connectivity index (χ0) is 56.0. The number of nitrogens with zero attached hydrogens (tertiary/aromatic N) is 2. The number of anilines is 3. The van der Waals surface area contributed by atoms with Gasteiger partial charge in [-0.15, -0.1) is 0 Å². The molecule has 1 aromatic heterocycles. The smallest absolute Gasteiger partial charge is 0.303 e. The van der Waals surface area contributed by atoms with E-state index >= 15 is 0 Å². The van der Waals surface area contributed by atoms with Crippen LogP contribution < -0.4 is 4.90 Å². The van der Waals surface area contributed by atoms with Crippen molar-refractivity contribution in [2.24, 2.45) is 16.2 Å². The molecule has 7 aromatic carbocycles. The molecule has 0 amide bonds. The fraction of sp³-hybridized carbons (Fsp3) is 0.380. The first-order chi connectivity index (χ1) is 37.9. The highest BCUT2D eigenvalue weighted by atomic mass is 35.5. The molecule has 0 saturated heterocycles. The van der Waals surface area contributed by atoms with E-state index in [1.807, 2.05) is 48.5 Å². The zero-order valence-corrected chi connectivity index (χ0v) is 48.9. The van der Waals surface area contributed by atoms with Gasteiger partial charge < -0.3 is 19.7 Å². The van der Waals surface area contributed by atoms with E-state index in [1.54, 1.807) is 0 Å². The molecule has 1 heterocycles. The number of para-hydroxylation sites is 1. The van der Waals surface area contributed by atoms with Crippen molar-refractivity contribution in [2.45, 2.75) is 156 Å². The van der Waals surface area contributed by atoms with Crippen molar-refractivity contribution in [2.75, 3.05) is 4.90 Å². The third-order valence-corrected chi connectivity index (χ3v) is 18.1. The Morgan fingerprint density at radius 3 is 1.51 bits per heavy atom. The fourth-order valence-electron chi connectivity index (χ4n) is 14.6. The van der Waals surface area contributed by atoms with Crippen molar-refractivity contribution in [1.29, 1.82) is 0 Å². The molecule has 0 bridgehead atoms. The predicted molar refractivity (Wildman–Crippen MR) is 332 cm³/mol. The molecule has 1 atom stereocenters. The van der Waals surface area contributed by atoms with Gasteiger partial charge in [-0.1, -0.05) is 208 Å². The molecule has 6 nitrogen and oxygen atoms in total. The maximum absolute atomic E-state index is 11.3. The number of rotatable bonds is 25. The number of fused-ring (bicyclic) bond motifs is 6. The molecular formula is C71H80Cl2N2O4. The summed E-state index contributed by atoms with van der Waals surface area (Å²) in [4.78, 5) is 24.8. The highest BCUT2D eigenvalue weighted by Gasteiger charge is 2.65. The van der Waals surface area contributed by atoms with E-state index in [1.165, 1.54) is 38.5 Å². The lowest BCUT2D eigenvalue weighted by Gasteiger charge is -2.64. The van der Waals surface area contributed by atoms with Crippen molar-refractivity contribution in [1.82, 2.24) is 4.57 Å². The summed E-state index contributed by atoms with van der Waals surface area (Å²) in [6.07, 6.45) is 15.9. The van der Waals surface area contributed by atoms with Crippen LogP contribution in [-0.4, -0.2) is 26.7 Å². The summed E-state index contributed by atoms with van der Waals surface area (Å²) in [6.45, 7) is 15.1. The summed E-state index contributed by atoms with van der Waals surface area (Å²) in [5.74, 6) is -1.41. The van der Waals surface area contributed by atoms with Crippen molar-refractivity contribution >= 4 is 74.0 Å². The Labute approximate surface area is 479 Å². The highest BCUT2D eigenvalue weighted by Crippen LogP contribution is 2.72. The van der Waals surface area contributed by atoms with Gasteiger partial charge in [0.2, 0.25) is 0 Å². The quantitative estimate of drug-likeness (QED) is 0.0557. The molecule has 0 spiro atoms. The Bertz CT molecular complexity index is 3320. The largest absolute Gasteiger partial charge is 0.481 e. The van der Waals surface area contributed by atoms with Crippen LogP contribution in [-0.2, 0) is 15.0 Å². The van der Waals surface area contributed by atoms with Gasteiger partial charge in [-0.25, -0.2) is 0 Å². The van der Waals surface area contributed by atoms with Crippen LogP contribution in [0, 0.1) is 16.2 Å². The Balaban J connectivity index is 1.15. The molecule has 9 rings (SSSR count). The van der Waals surface area contributed by atoms with Gasteiger partial charge in [-0.2, -0.15) is 0 Å². The second kappa shape index (κ2) is 24.6. The van der Waals surface area contributed by atoms with Crippen LogP contribution in [0.25, 0.3) is 49.7 Å². The molecule has 1 aliphatic rings. The van der Waals surface area contributed by atoms with E-state index in [0.29, 0.717) is 10.0 Å². The maximum Gasteiger partial charge on any atom is 0.303 e. The summed E-state index contributed by atoms with van der Waals surface area (Å²) in [5, 5.41) is 22.4. The number of unbranched alkanes of at least 4 members (excludes halogenated alkanes) is 11. The minimum atomic E-state index is -0.708. The molecule has 0 radical (unpaired) electrons. The molecule has 2 N–H and O–H groups in total. The fourth-order valence-corrected chi connectivity index (χ4v) is 14.8. The van der Waals surface area contributed by atoms with Gasteiger partial charge in [0, 0.05) is 61.8 Å². The molecule has 412 valence electrons. The Hall–Kier alpha value is -6.34. The number of carboxylic acid groups (broad SMARTS) is 2. The molecule has 1 unspecified atom stereocenters. The normalized spacial score (nSPS) is 14.4. The molecule has 79 heavy (non-hydrogen) atoms. The number of hydrogen-bond acceptors (Lipinski definition) is 3. The molecular weight excluding hydrogens is 1020 g/mol. The SMILES string of the molecule is CC(C)(C)C(CCCCCCCCC(=O)O)(C(C)(C)C)C1(CCCCCCCCCC(=O)O)c2ccccc2-c2ccc(-n3c4ccccc4c4ccc(-c5ccc(N(c6ccc(Cl)cc6)c6ccc(Cl)cc6)cc5)cc43)cc21. The number of benzene rings is 7. The summed E-state index contributed by atoms with van der Waals surface area (Å²) < 4.78 is 2.52. The molecule has 0 aliphatic heterocycles. The van der Waals surface area contributed by atoms with Crippen LogP contribution in [0.15, 0.2) is 158 Å². The first-order valence-electron chi connectivity index (χ1n) is 29.1. The molecule has 8 aromatic rings. The summed E-state index contributed by atoms with van der Waals surface area (Å²) >= 11 is 12.7. The standard InChI is InChI=1S/C71H80Cl2N2O4/c1-68(2,3)71(69(4,5)6,47-23-15-11-9-13-17-29-67(78)79)70(46-22-14-10-7-8-12-16-28-66(76)77)62-26-20-18-24-58(62)59-45-43-57(49-63(59)70)75-64-27-21-19-25-60(64)61-44-32-51(48-65(61)75)50-30-37-54(38-31-50)74(55-39-33-52(72)34-40-55)56-41-35-53(73)36-42-56/h18-21,24-27,30-45,48-49H,7-17,22-23,28-29,46-47H2,1-6H3,(H,76,77)(H,78,79). The van der Waals surface area contributed by atoms with E-state index in [0.717, 1.165) is 136 Å². The van der Waals surface area contributed by atoms with Crippen LogP contribution in [0.5, 0.6) is 0 Å². The topological polar surface area (TPSA) is 82.8 Å². The summed E-state index contributed by atoms with van der Waals surface area (Å²) in [7, 11) is 0. The van der Waals surface area contributed by atoms with E-state index in [4.69, 9.17) is 23.2 Å². The summed E-state index contributed by atoms with van der Waals surface area (Å²) in [5.41, 5.74) is 13.6. The van der Waals surface area contributed by atoms with Gasteiger partial charge >= 0.3 is 11.9 Å². The Kier molecular flexibility index (Phi) is 17.8. The van der Waals surface area contributed by atoms with E-state index in [2.05, 4.69) is 160 Å². The first kappa shape index (κ1) is 57.3. The molecule has 0 fully saturated rings. The second-order valence-electron chi connectivity index (χ2n) is 24.4. The predicted octanol–water partition coefficient (Wildman–Crippen LogP) is 21.4. The number of hydrogen-bond donors (Lipinski definition) is 2. The lowest BCUT2D eigenvalue weighted by atomic mass is 9.39. The van der Waals surface area contributed by atoms with Crippen molar-refractivity contribution in [3.63, 3.8) is 0 Å². The average molecular weight is 1100 g/mol. The number of carboxylic acids is 2. The van der Waals surface area contributed by atoms with Crippen LogP contribution in [0.1, 0.15) is 162 Å². The average Bonchev–Trinajstić information content (AvgIpc) is 2.50. The van der Waals surface area contributed by atoms with E-state index in [-0.39, 0.29) is 34.5 Å². The van der Waals surface area contributed by atoms with Crippen molar-refractivity contribution in [3.8, 4) is 27.9 Å². The van der Waals surface area contributed by atoms with Crippen LogP contribution in [0.4, 0.5) is 17.1 Å². The van der Waals surface area contributed by atoms with Gasteiger partial charge in [0.05, 0.1) is 11.0 Å². The number of aliphatic carboxylic acids is 2. The van der Waals surface area contributed by atoms with Crippen LogP contribution >= 0.6 is 23.2 Å². The minimum Gasteiger partial charge on any atom is -0.481 e. The third kappa shape index (κ3) is 11.8. The molecule has 0 saturated carbocycles. The van der Waals surface area contributed by atoms with E-state index in [9.17, 15) is 19.8 Å². The van der Waals surface area contributed by atoms with Crippen LogP contribution in [0.3, 0.4) is 0 Å². The number of halogens is 2.